The largest absolute Gasteiger partial charge is 0.478 e. The molecule has 0 bridgehead atoms. The highest BCUT2D eigenvalue weighted by atomic mass is 16.4. The number of rotatable bonds is 7. The number of hydrogen-bond acceptors (Lipinski definition) is 7. The van der Waals surface area contributed by atoms with Gasteiger partial charge in [0.1, 0.15) is 0 Å². The lowest BCUT2D eigenvalue weighted by Crippen LogP contribution is -2.20. The summed E-state index contributed by atoms with van der Waals surface area (Å²) >= 11 is 0. The number of carbonyl (C=O) groups is 5. The van der Waals surface area contributed by atoms with Crippen LogP contribution in [-0.4, -0.2) is 78.8 Å². The Hall–Kier alpha value is -4.03. The van der Waals surface area contributed by atoms with Gasteiger partial charge in [-0.1, -0.05) is 46.7 Å². The predicted octanol–water partition coefficient (Wildman–Crippen LogP) is 1.28. The summed E-state index contributed by atoms with van der Waals surface area (Å²) in [4.78, 5) is 46.2. The molecule has 0 fully saturated rings. The Morgan fingerprint density at radius 3 is 0.625 bits per heavy atom. The van der Waals surface area contributed by atoms with E-state index in [2.05, 4.69) is 32.9 Å². The molecular formula is C20H32O12. The van der Waals surface area contributed by atoms with Crippen molar-refractivity contribution in [3.8, 4) is 0 Å². The third-order valence-corrected chi connectivity index (χ3v) is 1.73. The van der Waals surface area contributed by atoms with Gasteiger partial charge in [0.15, 0.2) is 0 Å². The average Bonchev–Trinajstić information content (AvgIpc) is 2.75. The third kappa shape index (κ3) is 113. The highest BCUT2D eigenvalue weighted by Crippen LogP contribution is 2.10. The first-order valence-electron chi connectivity index (χ1n) is 7.96. The van der Waals surface area contributed by atoms with Crippen molar-refractivity contribution in [1.29, 1.82) is 0 Å². The SMILES string of the molecule is C=CC(=O)O.C=CC(=O)O.C=CC(=O)O.C=CC(=O)O.C=CC(=O)O.CC(C)(CO)CO. The van der Waals surface area contributed by atoms with E-state index in [9.17, 15) is 24.0 Å². The van der Waals surface area contributed by atoms with Gasteiger partial charge in [0.2, 0.25) is 0 Å². The van der Waals surface area contributed by atoms with Gasteiger partial charge in [-0.15, -0.1) is 0 Å². The van der Waals surface area contributed by atoms with Crippen molar-refractivity contribution < 1.29 is 59.7 Å². The van der Waals surface area contributed by atoms with Gasteiger partial charge in [-0.2, -0.15) is 0 Å². The molecule has 184 valence electrons. The zero-order valence-electron chi connectivity index (χ0n) is 18.0. The molecule has 0 rings (SSSR count). The van der Waals surface area contributed by atoms with Crippen molar-refractivity contribution in [1.82, 2.24) is 0 Å². The third-order valence-electron chi connectivity index (χ3n) is 1.73. The maximum absolute atomic E-state index is 9.25. The number of carboxylic acid groups (broad SMARTS) is 5. The summed E-state index contributed by atoms with van der Waals surface area (Å²) in [5.74, 6) is -4.91. The Morgan fingerprint density at radius 1 is 0.531 bits per heavy atom. The van der Waals surface area contributed by atoms with Crippen molar-refractivity contribution in [2.45, 2.75) is 13.8 Å². The normalized spacial score (nSPS) is 7.62. The molecular weight excluding hydrogens is 432 g/mol. The molecule has 0 saturated carbocycles. The number of aliphatic carboxylic acids is 5. The molecule has 32 heavy (non-hydrogen) atoms. The van der Waals surface area contributed by atoms with E-state index in [1.807, 2.05) is 0 Å². The van der Waals surface area contributed by atoms with E-state index < -0.39 is 29.8 Å². The van der Waals surface area contributed by atoms with E-state index in [4.69, 9.17) is 35.7 Å². The second-order valence-corrected chi connectivity index (χ2v) is 5.19. The van der Waals surface area contributed by atoms with Gasteiger partial charge in [-0.3, -0.25) is 0 Å². The van der Waals surface area contributed by atoms with Crippen LogP contribution in [0.5, 0.6) is 0 Å². The smallest absolute Gasteiger partial charge is 0.327 e. The van der Waals surface area contributed by atoms with E-state index in [0.29, 0.717) is 0 Å². The first kappa shape index (κ1) is 42.1. The lowest BCUT2D eigenvalue weighted by Gasteiger charge is -2.16. The molecule has 0 radical (unpaired) electrons. The quantitative estimate of drug-likeness (QED) is 0.264. The zero-order chi connectivity index (χ0) is 27.3. The fourth-order valence-electron chi connectivity index (χ4n) is 0.0500. The summed E-state index contributed by atoms with van der Waals surface area (Å²) in [6.45, 7) is 18.5. The molecule has 0 spiro atoms. The maximum atomic E-state index is 9.25. The first-order chi connectivity index (χ1) is 14.5. The lowest BCUT2D eigenvalue weighted by atomic mass is 9.97. The molecule has 7 N–H and O–H groups in total. The Labute approximate surface area is 186 Å². The molecule has 0 atom stereocenters. The standard InChI is InChI=1S/C5H12O2.5C3H4O2/c1-5(2,3-6)4-7;5*1-2-3(4)5/h6-7H,3-4H2,1-2H3;5*2H,1H2,(H,4,5). The number of carboxylic acids is 5. The summed E-state index contributed by atoms with van der Waals surface area (Å²) in [5.41, 5.74) is -0.306. The fourth-order valence-corrected chi connectivity index (χ4v) is 0.0500. The van der Waals surface area contributed by atoms with Crippen LogP contribution in [0.1, 0.15) is 13.8 Å². The van der Waals surface area contributed by atoms with Gasteiger partial charge in [0.05, 0.1) is 13.2 Å². The second kappa shape index (κ2) is 31.7. The lowest BCUT2D eigenvalue weighted by molar-refractivity contribution is -0.132. The monoisotopic (exact) mass is 464 g/mol. The molecule has 0 aliphatic rings. The molecule has 0 unspecified atom stereocenters. The van der Waals surface area contributed by atoms with Crippen LogP contribution in [-0.2, 0) is 24.0 Å². The highest BCUT2D eigenvalue weighted by molar-refractivity contribution is 5.80. The van der Waals surface area contributed by atoms with E-state index in [1.165, 1.54) is 0 Å². The van der Waals surface area contributed by atoms with Gasteiger partial charge in [-0.05, 0) is 0 Å². The van der Waals surface area contributed by atoms with Gasteiger partial charge in [0.25, 0.3) is 0 Å². The fraction of sp³-hybridized carbons (Fsp3) is 0.250. The van der Waals surface area contributed by atoms with Crippen LogP contribution in [0, 0.1) is 5.41 Å². The Morgan fingerprint density at radius 2 is 0.625 bits per heavy atom. The predicted molar refractivity (Wildman–Crippen MR) is 117 cm³/mol. The summed E-state index contributed by atoms with van der Waals surface area (Å²) in [7, 11) is 0. The molecule has 0 aliphatic heterocycles. The van der Waals surface area contributed by atoms with E-state index >= 15 is 0 Å². The topological polar surface area (TPSA) is 227 Å². The second-order valence-electron chi connectivity index (χ2n) is 5.19. The molecule has 12 nitrogen and oxygen atoms in total. The van der Waals surface area contributed by atoms with E-state index in [0.717, 1.165) is 30.4 Å². The Balaban J connectivity index is -0.0000000637. The molecule has 0 aromatic carbocycles. The van der Waals surface area contributed by atoms with Crippen LogP contribution in [0.3, 0.4) is 0 Å². The van der Waals surface area contributed by atoms with Crippen molar-refractivity contribution in [2.24, 2.45) is 5.41 Å². The van der Waals surface area contributed by atoms with Crippen molar-refractivity contribution in [3.05, 3.63) is 63.3 Å². The number of aliphatic hydroxyl groups excluding tert-OH is 2. The summed E-state index contributed by atoms with van der Waals surface area (Å²) < 4.78 is 0. The average molecular weight is 464 g/mol. The molecule has 0 heterocycles. The van der Waals surface area contributed by atoms with Gasteiger partial charge in [-0.25, -0.2) is 24.0 Å². The minimum absolute atomic E-state index is 0.0451. The molecule has 12 heteroatoms. The molecule has 0 aromatic rings. The highest BCUT2D eigenvalue weighted by Gasteiger charge is 2.13. The number of aliphatic hydroxyl groups is 2. The van der Waals surface area contributed by atoms with E-state index in [-0.39, 0.29) is 18.6 Å². The van der Waals surface area contributed by atoms with Gasteiger partial charge >= 0.3 is 29.8 Å². The minimum Gasteiger partial charge on any atom is -0.478 e. The summed E-state index contributed by atoms with van der Waals surface area (Å²) in [6.07, 6.45) is 4.17. The minimum atomic E-state index is -0.981. The molecule has 0 amide bonds. The van der Waals surface area contributed by atoms with Crippen LogP contribution in [0.15, 0.2) is 63.3 Å². The summed E-state index contributed by atoms with van der Waals surface area (Å²) in [5, 5.41) is 54.9. The summed E-state index contributed by atoms with van der Waals surface area (Å²) in [6, 6.07) is 0. The van der Waals surface area contributed by atoms with E-state index in [1.54, 1.807) is 13.8 Å². The molecule has 0 aliphatic carbocycles. The van der Waals surface area contributed by atoms with Crippen molar-refractivity contribution in [3.63, 3.8) is 0 Å². The van der Waals surface area contributed by atoms with Gasteiger partial charge < -0.3 is 35.7 Å². The van der Waals surface area contributed by atoms with Crippen LogP contribution in [0.2, 0.25) is 0 Å². The van der Waals surface area contributed by atoms with Gasteiger partial charge in [0, 0.05) is 35.8 Å². The Kier molecular flexibility index (Phi) is 41.7. The van der Waals surface area contributed by atoms with Crippen LogP contribution < -0.4 is 0 Å². The zero-order valence-corrected chi connectivity index (χ0v) is 18.0. The number of hydrogen-bond donors (Lipinski definition) is 7. The van der Waals surface area contributed by atoms with Crippen LogP contribution in [0.25, 0.3) is 0 Å². The molecule has 0 saturated heterocycles. The molecule has 0 aromatic heterocycles. The van der Waals surface area contributed by atoms with Crippen molar-refractivity contribution in [2.75, 3.05) is 13.2 Å². The van der Waals surface area contributed by atoms with Crippen molar-refractivity contribution >= 4 is 29.8 Å². The maximum Gasteiger partial charge on any atom is 0.327 e. The Bertz CT molecular complexity index is 493. The van der Waals surface area contributed by atoms with Crippen LogP contribution in [0.4, 0.5) is 0 Å². The van der Waals surface area contributed by atoms with Crippen LogP contribution >= 0.6 is 0 Å². The first-order valence-corrected chi connectivity index (χ1v) is 7.96.